The zero-order chi connectivity index (χ0) is 21.1. The Morgan fingerprint density at radius 1 is 1.23 bits per heavy atom. The van der Waals surface area contributed by atoms with E-state index in [1.807, 2.05) is 43.3 Å². The van der Waals surface area contributed by atoms with E-state index in [2.05, 4.69) is 11.4 Å². The Balaban J connectivity index is 1.48. The highest BCUT2D eigenvalue weighted by Gasteiger charge is 2.18. The van der Waals surface area contributed by atoms with Crippen molar-refractivity contribution in [1.29, 1.82) is 0 Å². The summed E-state index contributed by atoms with van der Waals surface area (Å²) in [5.41, 5.74) is 2.02. The van der Waals surface area contributed by atoms with Crippen LogP contribution in [0.1, 0.15) is 39.0 Å². The highest BCUT2D eigenvalue weighted by atomic mass is 32.2. The van der Waals surface area contributed by atoms with Gasteiger partial charge < -0.3 is 5.32 Å². The SMILES string of the molecule is C[C@@H](Sc1nc2cc3ccccc3cc2c(=O)n1C)C(=O)NCCC1=CCCCC1. The van der Waals surface area contributed by atoms with Crippen molar-refractivity contribution in [3.05, 3.63) is 58.4 Å². The number of rotatable bonds is 6. The molecule has 4 rings (SSSR count). The van der Waals surface area contributed by atoms with Gasteiger partial charge in [0.05, 0.1) is 16.2 Å². The fraction of sp³-hybridized carbons (Fsp3) is 0.375. The number of carbonyl (C=O) groups excluding carboxylic acids is 1. The molecular formula is C24H27N3O2S. The van der Waals surface area contributed by atoms with Crippen molar-refractivity contribution in [3.8, 4) is 0 Å². The number of nitrogens with zero attached hydrogens (tertiary/aromatic N) is 2. The first kappa shape index (κ1) is 20.7. The number of thioether (sulfide) groups is 1. The summed E-state index contributed by atoms with van der Waals surface area (Å²) in [6.45, 7) is 2.52. The Hall–Kier alpha value is -2.60. The van der Waals surface area contributed by atoms with Gasteiger partial charge in [0.1, 0.15) is 0 Å². The van der Waals surface area contributed by atoms with Crippen LogP contribution in [0.3, 0.4) is 0 Å². The molecule has 1 amide bonds. The molecule has 0 unspecified atom stereocenters. The average molecular weight is 422 g/mol. The van der Waals surface area contributed by atoms with Crippen molar-refractivity contribution >= 4 is 39.3 Å². The van der Waals surface area contributed by atoms with Crippen molar-refractivity contribution in [2.24, 2.45) is 7.05 Å². The standard InChI is InChI=1S/C24H27N3O2S/c1-16(22(28)25-13-12-17-8-4-3-5-9-17)30-24-26-21-15-19-11-7-6-10-18(19)14-20(21)23(29)27(24)2/h6-8,10-11,14-16H,3-5,9,12-13H2,1-2H3,(H,25,28)/t16-/m1/s1. The maximum absolute atomic E-state index is 12.9. The largest absolute Gasteiger partial charge is 0.355 e. The van der Waals surface area contributed by atoms with Crippen LogP contribution in [0, 0.1) is 0 Å². The lowest BCUT2D eigenvalue weighted by Gasteiger charge is -2.16. The lowest BCUT2D eigenvalue weighted by atomic mass is 9.97. The van der Waals surface area contributed by atoms with Crippen molar-refractivity contribution in [2.45, 2.75) is 49.4 Å². The van der Waals surface area contributed by atoms with Gasteiger partial charge in [-0.2, -0.15) is 0 Å². The van der Waals surface area contributed by atoms with Gasteiger partial charge in [0, 0.05) is 13.6 Å². The lowest BCUT2D eigenvalue weighted by molar-refractivity contribution is -0.120. The Morgan fingerprint density at radius 2 is 2.00 bits per heavy atom. The fourth-order valence-corrected chi connectivity index (χ4v) is 4.78. The first-order chi connectivity index (χ1) is 14.5. The molecule has 1 N–H and O–H groups in total. The number of hydrogen-bond donors (Lipinski definition) is 1. The second-order valence-electron chi connectivity index (χ2n) is 7.88. The molecule has 0 aliphatic heterocycles. The zero-order valence-electron chi connectivity index (χ0n) is 17.5. The van der Waals surface area contributed by atoms with Crippen molar-refractivity contribution in [3.63, 3.8) is 0 Å². The third kappa shape index (κ3) is 4.43. The molecule has 0 bridgehead atoms. The molecule has 1 aliphatic carbocycles. The summed E-state index contributed by atoms with van der Waals surface area (Å²) >= 11 is 1.32. The van der Waals surface area contributed by atoms with E-state index in [9.17, 15) is 9.59 Å². The minimum atomic E-state index is -0.332. The number of benzene rings is 2. The highest BCUT2D eigenvalue weighted by molar-refractivity contribution is 8.00. The number of fused-ring (bicyclic) bond motifs is 2. The molecule has 6 heteroatoms. The quantitative estimate of drug-likeness (QED) is 0.274. The van der Waals surface area contributed by atoms with Gasteiger partial charge in [-0.15, -0.1) is 0 Å². The molecule has 3 aromatic rings. The van der Waals surface area contributed by atoms with Crippen LogP contribution in [-0.2, 0) is 11.8 Å². The van der Waals surface area contributed by atoms with E-state index < -0.39 is 0 Å². The van der Waals surface area contributed by atoms with E-state index in [4.69, 9.17) is 4.98 Å². The highest BCUT2D eigenvalue weighted by Crippen LogP contribution is 2.25. The number of carbonyl (C=O) groups is 1. The van der Waals surface area contributed by atoms with E-state index in [1.165, 1.54) is 30.2 Å². The molecule has 0 radical (unpaired) electrons. The first-order valence-electron chi connectivity index (χ1n) is 10.5. The van der Waals surface area contributed by atoms with E-state index in [1.54, 1.807) is 11.6 Å². The van der Waals surface area contributed by atoms with Crippen LogP contribution in [0.4, 0.5) is 0 Å². The van der Waals surface area contributed by atoms with Gasteiger partial charge >= 0.3 is 0 Å². The molecule has 156 valence electrons. The van der Waals surface area contributed by atoms with Crippen LogP contribution < -0.4 is 10.9 Å². The Morgan fingerprint density at radius 3 is 2.73 bits per heavy atom. The van der Waals surface area contributed by atoms with Gasteiger partial charge in [0.15, 0.2) is 5.16 Å². The number of aromatic nitrogens is 2. The van der Waals surface area contributed by atoms with Gasteiger partial charge in [0.25, 0.3) is 5.56 Å². The normalized spacial score (nSPS) is 15.2. The van der Waals surface area contributed by atoms with Crippen LogP contribution in [0.25, 0.3) is 21.7 Å². The zero-order valence-corrected chi connectivity index (χ0v) is 18.3. The van der Waals surface area contributed by atoms with Crippen LogP contribution in [-0.4, -0.2) is 27.3 Å². The van der Waals surface area contributed by atoms with Gasteiger partial charge in [-0.3, -0.25) is 14.2 Å². The smallest absolute Gasteiger partial charge is 0.261 e. The molecule has 0 saturated heterocycles. The van der Waals surface area contributed by atoms with E-state index >= 15 is 0 Å². The molecule has 1 aromatic heterocycles. The third-order valence-electron chi connectivity index (χ3n) is 5.68. The average Bonchev–Trinajstić information content (AvgIpc) is 2.77. The van der Waals surface area contributed by atoms with Crippen molar-refractivity contribution in [2.75, 3.05) is 6.54 Å². The number of allylic oxidation sites excluding steroid dienone is 1. The number of amides is 1. The van der Waals surface area contributed by atoms with Crippen LogP contribution in [0.5, 0.6) is 0 Å². The van der Waals surface area contributed by atoms with Crippen molar-refractivity contribution in [1.82, 2.24) is 14.9 Å². The lowest BCUT2D eigenvalue weighted by Crippen LogP contribution is -2.32. The second-order valence-corrected chi connectivity index (χ2v) is 9.19. The predicted octanol–water partition coefficient (Wildman–Crippen LogP) is 4.57. The van der Waals surface area contributed by atoms with Gasteiger partial charge in [-0.25, -0.2) is 4.98 Å². The van der Waals surface area contributed by atoms with Crippen LogP contribution in [0.15, 0.2) is 58.0 Å². The third-order valence-corrected chi connectivity index (χ3v) is 6.83. The second kappa shape index (κ2) is 9.04. The van der Waals surface area contributed by atoms with E-state index in [-0.39, 0.29) is 16.7 Å². The fourth-order valence-electron chi connectivity index (χ4n) is 3.88. The predicted molar refractivity (Wildman–Crippen MR) is 124 cm³/mol. The molecule has 30 heavy (non-hydrogen) atoms. The summed E-state index contributed by atoms with van der Waals surface area (Å²) < 4.78 is 1.54. The Bertz CT molecular complexity index is 1180. The van der Waals surface area contributed by atoms with Gasteiger partial charge in [0.2, 0.25) is 5.91 Å². The molecule has 1 aliphatic rings. The first-order valence-corrected chi connectivity index (χ1v) is 11.4. The molecular weight excluding hydrogens is 394 g/mol. The topological polar surface area (TPSA) is 64.0 Å². The molecule has 1 atom stereocenters. The minimum Gasteiger partial charge on any atom is -0.355 e. The maximum Gasteiger partial charge on any atom is 0.261 e. The number of hydrogen-bond acceptors (Lipinski definition) is 4. The van der Waals surface area contributed by atoms with Crippen molar-refractivity contribution < 1.29 is 4.79 Å². The summed E-state index contributed by atoms with van der Waals surface area (Å²) in [6.07, 6.45) is 8.07. The summed E-state index contributed by atoms with van der Waals surface area (Å²) in [5.74, 6) is -0.0238. The van der Waals surface area contributed by atoms with Crippen LogP contribution in [0.2, 0.25) is 0 Å². The molecule has 0 saturated carbocycles. The number of nitrogens with one attached hydrogen (secondary N) is 1. The van der Waals surface area contributed by atoms with Gasteiger partial charge in [-0.1, -0.05) is 47.7 Å². The summed E-state index contributed by atoms with van der Waals surface area (Å²) in [6, 6.07) is 11.8. The monoisotopic (exact) mass is 421 g/mol. The molecule has 0 fully saturated rings. The maximum atomic E-state index is 12.9. The summed E-state index contributed by atoms with van der Waals surface area (Å²) in [5, 5.41) is 5.91. The van der Waals surface area contributed by atoms with Crippen LogP contribution >= 0.6 is 11.8 Å². The van der Waals surface area contributed by atoms with E-state index in [0.29, 0.717) is 22.6 Å². The minimum absolute atomic E-state index is 0.0238. The molecule has 1 heterocycles. The molecule has 0 spiro atoms. The molecule has 5 nitrogen and oxygen atoms in total. The summed E-state index contributed by atoms with van der Waals surface area (Å²) in [4.78, 5) is 30.1. The molecule has 2 aromatic carbocycles. The Labute approximate surface area is 180 Å². The summed E-state index contributed by atoms with van der Waals surface area (Å²) in [7, 11) is 1.71. The Kier molecular flexibility index (Phi) is 6.23. The van der Waals surface area contributed by atoms with E-state index in [0.717, 1.165) is 30.0 Å². The van der Waals surface area contributed by atoms with Gasteiger partial charge in [-0.05, 0) is 61.9 Å².